The highest BCUT2D eigenvalue weighted by molar-refractivity contribution is 5.81. The number of hydrogen-bond acceptors (Lipinski definition) is 3. The third kappa shape index (κ3) is 3.59. The van der Waals surface area contributed by atoms with Gasteiger partial charge in [0.1, 0.15) is 0 Å². The topological polar surface area (TPSA) is 23.6 Å². The molecule has 0 N–H and O–H groups in total. The third-order valence-electron chi connectivity index (χ3n) is 1.89. The SMILES string of the molecule is C=C(C)N1CC(=O)CCN1C.CC. The van der Waals surface area contributed by atoms with E-state index in [2.05, 4.69) is 6.58 Å². The van der Waals surface area contributed by atoms with Crippen molar-refractivity contribution in [2.75, 3.05) is 20.1 Å². The fraction of sp³-hybridized carbons (Fsp3) is 0.700. The Morgan fingerprint density at radius 1 is 1.46 bits per heavy atom. The van der Waals surface area contributed by atoms with Crippen LogP contribution in [0.5, 0.6) is 0 Å². The van der Waals surface area contributed by atoms with Crippen LogP contribution in [0.1, 0.15) is 27.2 Å². The standard InChI is InChI=1S/C8H14N2O.C2H6/c1-7(2)10-6-8(11)4-5-9(10)3;1-2/h1,4-6H2,2-3H3;1-2H3. The molecule has 1 heterocycles. The van der Waals surface area contributed by atoms with Gasteiger partial charge in [-0.25, -0.2) is 5.01 Å². The summed E-state index contributed by atoms with van der Waals surface area (Å²) in [5, 5.41) is 3.94. The molecule has 0 saturated carbocycles. The van der Waals surface area contributed by atoms with Gasteiger partial charge in [-0.3, -0.25) is 4.79 Å². The van der Waals surface area contributed by atoms with Crippen molar-refractivity contribution in [3.63, 3.8) is 0 Å². The van der Waals surface area contributed by atoms with Gasteiger partial charge in [0.2, 0.25) is 0 Å². The van der Waals surface area contributed by atoms with Crippen LogP contribution in [-0.2, 0) is 4.79 Å². The van der Waals surface area contributed by atoms with Gasteiger partial charge in [-0.1, -0.05) is 20.4 Å². The summed E-state index contributed by atoms with van der Waals surface area (Å²) in [5.74, 6) is 0.297. The molecule has 0 spiro atoms. The number of nitrogens with zero attached hydrogens (tertiary/aromatic N) is 2. The molecule has 0 aromatic rings. The maximum absolute atomic E-state index is 11.0. The number of carbonyl (C=O) groups is 1. The summed E-state index contributed by atoms with van der Waals surface area (Å²) in [6.07, 6.45) is 0.667. The molecule has 0 aromatic carbocycles. The van der Waals surface area contributed by atoms with E-state index in [-0.39, 0.29) is 0 Å². The van der Waals surface area contributed by atoms with E-state index in [1.54, 1.807) is 0 Å². The Morgan fingerprint density at radius 2 is 2.00 bits per heavy atom. The van der Waals surface area contributed by atoms with E-state index in [1.165, 1.54) is 0 Å². The molecule has 0 bridgehead atoms. The number of ketones is 1. The Labute approximate surface area is 81.0 Å². The summed E-state index contributed by atoms with van der Waals surface area (Å²) in [5.41, 5.74) is 0.931. The van der Waals surface area contributed by atoms with Gasteiger partial charge in [-0.15, -0.1) is 0 Å². The first kappa shape index (κ1) is 12.2. The van der Waals surface area contributed by atoms with Crippen molar-refractivity contribution in [1.29, 1.82) is 0 Å². The fourth-order valence-electron chi connectivity index (χ4n) is 1.20. The molecule has 76 valence electrons. The highest BCUT2D eigenvalue weighted by Crippen LogP contribution is 2.10. The van der Waals surface area contributed by atoms with Gasteiger partial charge >= 0.3 is 0 Å². The molecule has 0 amide bonds. The third-order valence-corrected chi connectivity index (χ3v) is 1.89. The Hall–Kier alpha value is -0.830. The minimum atomic E-state index is 0.297. The van der Waals surface area contributed by atoms with Gasteiger partial charge in [0, 0.05) is 25.7 Å². The van der Waals surface area contributed by atoms with Crippen LogP contribution >= 0.6 is 0 Å². The van der Waals surface area contributed by atoms with E-state index in [9.17, 15) is 4.79 Å². The molecule has 0 aromatic heterocycles. The zero-order valence-electron chi connectivity index (χ0n) is 9.13. The number of hydrazine groups is 1. The van der Waals surface area contributed by atoms with Gasteiger partial charge in [0.15, 0.2) is 5.78 Å². The predicted molar refractivity (Wildman–Crippen MR) is 55.1 cm³/mol. The molecule has 1 rings (SSSR count). The summed E-state index contributed by atoms with van der Waals surface area (Å²) in [4.78, 5) is 11.0. The van der Waals surface area contributed by atoms with Crippen LogP contribution in [-0.4, -0.2) is 35.9 Å². The van der Waals surface area contributed by atoms with Crippen molar-refractivity contribution in [3.05, 3.63) is 12.3 Å². The molecule has 0 unspecified atom stereocenters. The molecule has 0 aliphatic carbocycles. The van der Waals surface area contributed by atoms with Crippen LogP contribution in [0.25, 0.3) is 0 Å². The van der Waals surface area contributed by atoms with Crippen LogP contribution in [0.3, 0.4) is 0 Å². The lowest BCUT2D eigenvalue weighted by molar-refractivity contribution is -0.129. The zero-order chi connectivity index (χ0) is 10.4. The minimum Gasteiger partial charge on any atom is -0.304 e. The normalized spacial score (nSPS) is 17.8. The van der Waals surface area contributed by atoms with E-state index >= 15 is 0 Å². The number of carbonyl (C=O) groups excluding carboxylic acids is 1. The summed E-state index contributed by atoms with van der Waals surface area (Å²) < 4.78 is 0. The van der Waals surface area contributed by atoms with Gasteiger partial charge in [-0.05, 0) is 6.92 Å². The van der Waals surface area contributed by atoms with E-state index in [0.29, 0.717) is 18.7 Å². The second-order valence-electron chi connectivity index (χ2n) is 2.96. The molecule has 0 radical (unpaired) electrons. The summed E-state index contributed by atoms with van der Waals surface area (Å²) in [6.45, 7) is 11.0. The molecule has 3 nitrogen and oxygen atoms in total. The highest BCUT2D eigenvalue weighted by atomic mass is 16.1. The largest absolute Gasteiger partial charge is 0.304 e. The van der Waals surface area contributed by atoms with Gasteiger partial charge < -0.3 is 5.01 Å². The average Bonchev–Trinajstić information content (AvgIpc) is 2.12. The Balaban J connectivity index is 0.000000671. The van der Waals surface area contributed by atoms with E-state index in [0.717, 1.165) is 12.2 Å². The average molecular weight is 184 g/mol. The van der Waals surface area contributed by atoms with Crippen molar-refractivity contribution in [2.24, 2.45) is 0 Å². The zero-order valence-corrected chi connectivity index (χ0v) is 9.13. The van der Waals surface area contributed by atoms with E-state index < -0.39 is 0 Å². The molecule has 1 fully saturated rings. The van der Waals surface area contributed by atoms with Crippen LogP contribution < -0.4 is 0 Å². The van der Waals surface area contributed by atoms with Crippen molar-refractivity contribution in [1.82, 2.24) is 10.0 Å². The Bertz CT molecular complexity index is 189. The van der Waals surface area contributed by atoms with Crippen molar-refractivity contribution < 1.29 is 4.79 Å². The van der Waals surface area contributed by atoms with Crippen LogP contribution in [0.15, 0.2) is 12.3 Å². The first-order valence-electron chi connectivity index (χ1n) is 4.77. The van der Waals surface area contributed by atoms with Gasteiger partial charge in [0.25, 0.3) is 0 Å². The molecular weight excluding hydrogens is 164 g/mol. The lowest BCUT2D eigenvalue weighted by Gasteiger charge is -2.36. The van der Waals surface area contributed by atoms with Crippen LogP contribution in [0.4, 0.5) is 0 Å². The lowest BCUT2D eigenvalue weighted by atomic mass is 10.2. The van der Waals surface area contributed by atoms with E-state index in [1.807, 2.05) is 37.8 Å². The maximum Gasteiger partial charge on any atom is 0.155 e. The second kappa shape index (κ2) is 5.75. The van der Waals surface area contributed by atoms with Crippen LogP contribution in [0.2, 0.25) is 0 Å². The van der Waals surface area contributed by atoms with Crippen molar-refractivity contribution in [3.8, 4) is 0 Å². The fourth-order valence-corrected chi connectivity index (χ4v) is 1.20. The maximum atomic E-state index is 11.0. The minimum absolute atomic E-state index is 0.297. The predicted octanol–water partition coefficient (Wildman–Crippen LogP) is 1.67. The summed E-state index contributed by atoms with van der Waals surface area (Å²) >= 11 is 0. The summed E-state index contributed by atoms with van der Waals surface area (Å²) in [7, 11) is 1.97. The number of hydrogen-bond donors (Lipinski definition) is 0. The highest BCUT2D eigenvalue weighted by Gasteiger charge is 2.20. The Morgan fingerprint density at radius 3 is 2.38 bits per heavy atom. The first-order chi connectivity index (χ1) is 6.11. The number of rotatable bonds is 1. The van der Waals surface area contributed by atoms with Crippen molar-refractivity contribution >= 4 is 5.78 Å². The number of Topliss-reactive ketones (excluding diaryl/α,β-unsaturated/α-hetero) is 1. The summed E-state index contributed by atoms with van der Waals surface area (Å²) in [6, 6.07) is 0. The molecular formula is C10H20N2O. The molecule has 1 aliphatic rings. The smallest absolute Gasteiger partial charge is 0.155 e. The Kier molecular flexibility index (Phi) is 5.39. The van der Waals surface area contributed by atoms with Crippen molar-refractivity contribution in [2.45, 2.75) is 27.2 Å². The van der Waals surface area contributed by atoms with E-state index in [4.69, 9.17) is 0 Å². The molecule has 1 aliphatic heterocycles. The molecule has 1 saturated heterocycles. The lowest BCUT2D eigenvalue weighted by Crippen LogP contribution is -2.47. The molecule has 13 heavy (non-hydrogen) atoms. The molecule has 3 heteroatoms. The molecule has 0 atom stereocenters. The van der Waals surface area contributed by atoms with Gasteiger partial charge in [0.05, 0.1) is 6.54 Å². The first-order valence-corrected chi connectivity index (χ1v) is 4.77. The van der Waals surface area contributed by atoms with Crippen LogP contribution in [0, 0.1) is 0 Å². The number of allylic oxidation sites excluding steroid dienone is 1. The van der Waals surface area contributed by atoms with Gasteiger partial charge in [-0.2, -0.15) is 0 Å². The second-order valence-corrected chi connectivity index (χ2v) is 2.96. The monoisotopic (exact) mass is 184 g/mol. The quantitative estimate of drug-likeness (QED) is 0.619.